The average Bonchev–Trinajstić information content (AvgIpc) is 3.22. The summed E-state index contributed by atoms with van der Waals surface area (Å²) in [7, 11) is 0. The lowest BCUT2D eigenvalue weighted by Crippen LogP contribution is -2.22. The first-order valence-electron chi connectivity index (χ1n) is 8.19. The zero-order valence-electron chi connectivity index (χ0n) is 14.8. The van der Waals surface area contributed by atoms with E-state index < -0.39 is 5.25 Å². The molecule has 1 atom stereocenters. The Kier molecular flexibility index (Phi) is 5.98. The number of anilines is 1. The molecule has 0 spiro atoms. The minimum absolute atomic E-state index is 0.211. The van der Waals surface area contributed by atoms with Crippen LogP contribution in [0, 0.1) is 6.92 Å². The smallest absolute Gasteiger partial charge is 0.240 e. The number of rotatable bonds is 7. The van der Waals surface area contributed by atoms with Crippen molar-refractivity contribution in [2.75, 3.05) is 5.32 Å². The zero-order chi connectivity index (χ0) is 19.4. The fourth-order valence-electron chi connectivity index (χ4n) is 2.34. The van der Waals surface area contributed by atoms with Crippen LogP contribution in [0.4, 0.5) is 5.88 Å². The van der Waals surface area contributed by atoms with E-state index in [1.807, 2.05) is 16.7 Å². The second-order valence-electron chi connectivity index (χ2n) is 5.79. The lowest BCUT2D eigenvalue weighted by Gasteiger charge is -2.11. The summed E-state index contributed by atoms with van der Waals surface area (Å²) >= 11 is 7.26. The number of carbonyl (C=O) groups is 1. The highest BCUT2D eigenvalue weighted by atomic mass is 35.5. The lowest BCUT2D eigenvalue weighted by atomic mass is 10.2. The Hall–Kier alpha value is -2.58. The molecule has 0 saturated carbocycles. The summed E-state index contributed by atoms with van der Waals surface area (Å²) in [5.74, 6) is 0.796. The molecule has 1 unspecified atom stereocenters. The van der Waals surface area contributed by atoms with Crippen molar-refractivity contribution < 1.29 is 9.32 Å². The van der Waals surface area contributed by atoms with E-state index in [0.717, 1.165) is 5.56 Å². The number of carbonyl (C=O) groups excluding carboxylic acids is 1. The summed E-state index contributed by atoms with van der Waals surface area (Å²) in [6, 6.07) is 9.01. The SMILES string of the molecule is C=CCn1c(SC(C)C(=O)Nc2cc(C)no2)nnc1-c1ccc(Cl)cc1. The van der Waals surface area contributed by atoms with Crippen molar-refractivity contribution in [1.82, 2.24) is 19.9 Å². The Bertz CT molecular complexity index is 951. The number of amides is 1. The van der Waals surface area contributed by atoms with E-state index in [-0.39, 0.29) is 5.91 Å². The van der Waals surface area contributed by atoms with Gasteiger partial charge in [0, 0.05) is 23.2 Å². The third-order valence-electron chi connectivity index (χ3n) is 3.66. The van der Waals surface area contributed by atoms with Gasteiger partial charge >= 0.3 is 0 Å². The molecule has 1 aromatic carbocycles. The molecule has 9 heteroatoms. The van der Waals surface area contributed by atoms with Crippen molar-refractivity contribution >= 4 is 35.2 Å². The fourth-order valence-corrected chi connectivity index (χ4v) is 3.32. The van der Waals surface area contributed by atoms with Crippen LogP contribution in [0.3, 0.4) is 0 Å². The minimum atomic E-state index is -0.416. The standard InChI is InChI=1S/C18H18ClN5O2S/c1-4-9-24-16(13-5-7-14(19)8-6-13)21-22-18(24)27-12(3)17(25)20-15-10-11(2)23-26-15/h4-8,10,12H,1,9H2,2-3H3,(H,20,25). The van der Waals surface area contributed by atoms with Crippen LogP contribution in [0.25, 0.3) is 11.4 Å². The summed E-state index contributed by atoms with van der Waals surface area (Å²) in [6.45, 7) is 7.88. The monoisotopic (exact) mass is 403 g/mol. The molecule has 0 fully saturated rings. The number of aromatic nitrogens is 4. The molecule has 2 aromatic heterocycles. The first kappa shape index (κ1) is 19.2. The molecule has 27 heavy (non-hydrogen) atoms. The third kappa shape index (κ3) is 4.58. The highest BCUT2D eigenvalue weighted by Crippen LogP contribution is 2.28. The normalized spacial score (nSPS) is 12.0. The van der Waals surface area contributed by atoms with Crippen LogP contribution in [0.2, 0.25) is 5.02 Å². The van der Waals surface area contributed by atoms with Crippen LogP contribution < -0.4 is 5.32 Å². The number of halogens is 1. The Morgan fingerprint density at radius 1 is 1.41 bits per heavy atom. The molecule has 3 rings (SSSR count). The quantitative estimate of drug-likeness (QED) is 0.470. The summed E-state index contributed by atoms with van der Waals surface area (Å²) in [5.41, 5.74) is 1.58. The van der Waals surface area contributed by atoms with E-state index in [4.69, 9.17) is 16.1 Å². The summed E-state index contributed by atoms with van der Waals surface area (Å²) in [6.07, 6.45) is 1.76. The van der Waals surface area contributed by atoms with Gasteiger partial charge in [0.25, 0.3) is 0 Å². The first-order chi connectivity index (χ1) is 13.0. The zero-order valence-corrected chi connectivity index (χ0v) is 16.4. The molecule has 1 N–H and O–H groups in total. The molecule has 0 saturated heterocycles. The maximum absolute atomic E-state index is 12.4. The van der Waals surface area contributed by atoms with E-state index in [9.17, 15) is 4.79 Å². The number of benzene rings is 1. The van der Waals surface area contributed by atoms with E-state index >= 15 is 0 Å². The van der Waals surface area contributed by atoms with Crippen LogP contribution in [-0.4, -0.2) is 31.1 Å². The molecule has 0 radical (unpaired) electrons. The van der Waals surface area contributed by atoms with E-state index in [2.05, 4.69) is 27.2 Å². The van der Waals surface area contributed by atoms with Gasteiger partial charge < -0.3 is 4.52 Å². The van der Waals surface area contributed by atoms with Crippen molar-refractivity contribution in [3.8, 4) is 11.4 Å². The van der Waals surface area contributed by atoms with Crippen LogP contribution in [0.15, 0.2) is 52.7 Å². The molecule has 2 heterocycles. The first-order valence-corrected chi connectivity index (χ1v) is 9.44. The third-order valence-corrected chi connectivity index (χ3v) is 4.99. The molecule has 7 nitrogen and oxygen atoms in total. The number of aryl methyl sites for hydroxylation is 1. The van der Waals surface area contributed by atoms with Crippen molar-refractivity contribution in [3.63, 3.8) is 0 Å². The van der Waals surface area contributed by atoms with Gasteiger partial charge in [0.05, 0.1) is 10.9 Å². The summed E-state index contributed by atoms with van der Waals surface area (Å²) in [4.78, 5) is 12.4. The van der Waals surface area contributed by atoms with Crippen LogP contribution in [0.5, 0.6) is 0 Å². The molecule has 0 bridgehead atoms. The highest BCUT2D eigenvalue weighted by Gasteiger charge is 2.21. The minimum Gasteiger partial charge on any atom is -0.338 e. The molecule has 0 aliphatic heterocycles. The van der Waals surface area contributed by atoms with E-state index in [0.29, 0.717) is 34.1 Å². The van der Waals surface area contributed by atoms with Gasteiger partial charge in [0.15, 0.2) is 11.0 Å². The molecule has 3 aromatic rings. The fraction of sp³-hybridized carbons (Fsp3) is 0.222. The van der Waals surface area contributed by atoms with Gasteiger partial charge in [-0.25, -0.2) is 0 Å². The highest BCUT2D eigenvalue weighted by molar-refractivity contribution is 8.00. The molecule has 0 aliphatic carbocycles. The van der Waals surface area contributed by atoms with Gasteiger partial charge in [-0.3, -0.25) is 14.7 Å². The molecule has 0 aliphatic rings. The Morgan fingerprint density at radius 3 is 2.78 bits per heavy atom. The summed E-state index contributed by atoms with van der Waals surface area (Å²) in [5, 5.41) is 15.8. The van der Waals surface area contributed by atoms with Crippen molar-refractivity contribution in [1.29, 1.82) is 0 Å². The van der Waals surface area contributed by atoms with Crippen LogP contribution >= 0.6 is 23.4 Å². The van der Waals surface area contributed by atoms with Crippen LogP contribution in [-0.2, 0) is 11.3 Å². The largest absolute Gasteiger partial charge is 0.338 e. The Labute approximate surface area is 165 Å². The predicted molar refractivity (Wildman–Crippen MR) is 106 cm³/mol. The number of hydrogen-bond acceptors (Lipinski definition) is 6. The van der Waals surface area contributed by atoms with Crippen molar-refractivity contribution in [2.45, 2.75) is 30.8 Å². The van der Waals surface area contributed by atoms with Gasteiger partial charge in [-0.1, -0.05) is 34.6 Å². The molecular formula is C18H18ClN5O2S. The average molecular weight is 404 g/mol. The molecular weight excluding hydrogens is 386 g/mol. The number of thioether (sulfide) groups is 1. The van der Waals surface area contributed by atoms with E-state index in [1.54, 1.807) is 38.1 Å². The second-order valence-corrected chi connectivity index (χ2v) is 7.54. The van der Waals surface area contributed by atoms with E-state index in [1.165, 1.54) is 11.8 Å². The number of nitrogens with zero attached hydrogens (tertiary/aromatic N) is 4. The number of nitrogens with one attached hydrogen (secondary N) is 1. The Morgan fingerprint density at radius 2 is 2.15 bits per heavy atom. The summed E-state index contributed by atoms with van der Waals surface area (Å²) < 4.78 is 6.93. The Balaban J connectivity index is 1.78. The van der Waals surface area contributed by atoms with Crippen molar-refractivity contribution in [2.24, 2.45) is 0 Å². The predicted octanol–water partition coefficient (Wildman–Crippen LogP) is 4.20. The molecule has 140 valence electrons. The topological polar surface area (TPSA) is 85.8 Å². The van der Waals surface area contributed by atoms with Gasteiger partial charge in [-0.2, -0.15) is 0 Å². The van der Waals surface area contributed by atoms with Crippen LogP contribution in [0.1, 0.15) is 12.6 Å². The van der Waals surface area contributed by atoms with Gasteiger partial charge in [-0.05, 0) is 38.1 Å². The van der Waals surface area contributed by atoms with Gasteiger partial charge in [-0.15, -0.1) is 16.8 Å². The van der Waals surface area contributed by atoms with Gasteiger partial charge in [0.1, 0.15) is 0 Å². The maximum atomic E-state index is 12.4. The second kappa shape index (κ2) is 8.41. The molecule has 1 amide bonds. The maximum Gasteiger partial charge on any atom is 0.240 e. The van der Waals surface area contributed by atoms with Crippen molar-refractivity contribution in [3.05, 3.63) is 53.7 Å². The number of allylic oxidation sites excluding steroid dienone is 1. The lowest BCUT2D eigenvalue weighted by molar-refractivity contribution is -0.115. The van der Waals surface area contributed by atoms with Gasteiger partial charge in [0.2, 0.25) is 11.8 Å². The number of hydrogen-bond donors (Lipinski definition) is 1.